The molecule has 0 saturated carbocycles. The molecule has 0 bridgehead atoms. The molecule has 2 aromatic carbocycles. The maximum atomic E-state index is 13.6. The zero-order chi connectivity index (χ0) is 17.8. The van der Waals surface area contributed by atoms with E-state index in [0.717, 1.165) is 22.4 Å². The van der Waals surface area contributed by atoms with Crippen LogP contribution in [0.1, 0.15) is 26.4 Å². The lowest BCUT2D eigenvalue weighted by atomic mass is 10.1. The van der Waals surface area contributed by atoms with Gasteiger partial charge in [0.15, 0.2) is 11.6 Å². The number of ether oxygens (including phenoxy) is 1. The summed E-state index contributed by atoms with van der Waals surface area (Å²) in [6, 6.07) is 14.0. The summed E-state index contributed by atoms with van der Waals surface area (Å²) in [7, 11) is 0. The van der Waals surface area contributed by atoms with Crippen LogP contribution in [0.4, 0.5) is 10.1 Å². The monoisotopic (exact) mass is 355 g/mol. The number of para-hydroxylation sites is 1. The van der Waals surface area contributed by atoms with Crippen molar-refractivity contribution in [2.24, 2.45) is 0 Å². The van der Waals surface area contributed by atoms with Crippen molar-refractivity contribution in [1.29, 1.82) is 0 Å². The summed E-state index contributed by atoms with van der Waals surface area (Å²) in [5.74, 6) is -0.350. The summed E-state index contributed by atoms with van der Waals surface area (Å²) in [4.78, 5) is 13.0. The number of nitrogens with one attached hydrogen (secondary N) is 1. The van der Waals surface area contributed by atoms with Gasteiger partial charge in [-0.1, -0.05) is 24.3 Å². The molecule has 0 atom stereocenters. The van der Waals surface area contributed by atoms with Crippen molar-refractivity contribution in [2.45, 2.75) is 20.5 Å². The molecule has 3 aromatic rings. The van der Waals surface area contributed by atoms with E-state index >= 15 is 0 Å². The fourth-order valence-corrected chi connectivity index (χ4v) is 3.14. The first kappa shape index (κ1) is 17.2. The minimum Gasteiger partial charge on any atom is -0.486 e. The molecule has 3 rings (SSSR count). The maximum Gasteiger partial charge on any atom is 0.265 e. The lowest BCUT2D eigenvalue weighted by molar-refractivity contribution is 0.103. The highest BCUT2D eigenvalue weighted by molar-refractivity contribution is 7.12. The molecule has 1 aromatic heterocycles. The van der Waals surface area contributed by atoms with Gasteiger partial charge >= 0.3 is 0 Å². The molecule has 0 unspecified atom stereocenters. The van der Waals surface area contributed by atoms with Gasteiger partial charge in [0.1, 0.15) is 6.61 Å². The summed E-state index contributed by atoms with van der Waals surface area (Å²) in [6.07, 6.45) is 0. The Kier molecular flexibility index (Phi) is 5.14. The van der Waals surface area contributed by atoms with Crippen molar-refractivity contribution in [3.05, 3.63) is 81.3 Å². The van der Waals surface area contributed by atoms with Crippen LogP contribution in [0, 0.1) is 19.7 Å². The Morgan fingerprint density at radius 1 is 1.16 bits per heavy atom. The first-order valence-corrected chi connectivity index (χ1v) is 8.74. The standard InChI is InChI=1S/C20H18FNO2S/c1-13-7-8-14(2)17(9-13)22-20(23)19-10-15(12-25-19)11-24-18-6-4-3-5-16(18)21/h3-10,12H,11H2,1-2H3,(H,22,23). The predicted octanol–water partition coefficient (Wildman–Crippen LogP) is 5.34. The van der Waals surface area contributed by atoms with E-state index in [-0.39, 0.29) is 18.3 Å². The zero-order valence-corrected chi connectivity index (χ0v) is 14.8. The molecular weight excluding hydrogens is 337 g/mol. The van der Waals surface area contributed by atoms with E-state index in [9.17, 15) is 9.18 Å². The largest absolute Gasteiger partial charge is 0.486 e. The summed E-state index contributed by atoms with van der Waals surface area (Å²) < 4.78 is 19.0. The molecule has 0 radical (unpaired) electrons. The number of halogens is 1. The second kappa shape index (κ2) is 7.49. The third-order valence-electron chi connectivity index (χ3n) is 3.75. The Morgan fingerprint density at radius 2 is 1.96 bits per heavy atom. The van der Waals surface area contributed by atoms with Crippen LogP contribution >= 0.6 is 11.3 Å². The van der Waals surface area contributed by atoms with Gasteiger partial charge in [-0.2, -0.15) is 0 Å². The SMILES string of the molecule is Cc1ccc(C)c(NC(=O)c2cc(COc3ccccc3F)cs2)c1. The van der Waals surface area contributed by atoms with E-state index < -0.39 is 5.82 Å². The Morgan fingerprint density at radius 3 is 2.76 bits per heavy atom. The molecule has 3 nitrogen and oxygen atoms in total. The molecule has 1 amide bonds. The Hall–Kier alpha value is -2.66. The second-order valence-corrected chi connectivity index (χ2v) is 6.72. The summed E-state index contributed by atoms with van der Waals surface area (Å²) in [6.45, 7) is 4.16. The number of hydrogen-bond donors (Lipinski definition) is 1. The van der Waals surface area contributed by atoms with E-state index in [1.54, 1.807) is 24.3 Å². The Bertz CT molecular complexity index is 904. The maximum absolute atomic E-state index is 13.6. The smallest absolute Gasteiger partial charge is 0.265 e. The topological polar surface area (TPSA) is 38.3 Å². The fraction of sp³-hybridized carbons (Fsp3) is 0.150. The first-order chi connectivity index (χ1) is 12.0. The normalized spacial score (nSPS) is 10.5. The van der Waals surface area contributed by atoms with E-state index in [0.29, 0.717) is 4.88 Å². The van der Waals surface area contributed by atoms with Crippen LogP contribution in [-0.2, 0) is 6.61 Å². The average molecular weight is 355 g/mol. The van der Waals surface area contributed by atoms with Gasteiger partial charge in [-0.15, -0.1) is 11.3 Å². The van der Waals surface area contributed by atoms with Crippen molar-refractivity contribution in [2.75, 3.05) is 5.32 Å². The molecule has 5 heteroatoms. The van der Waals surface area contributed by atoms with Gasteiger partial charge in [0.05, 0.1) is 4.88 Å². The van der Waals surface area contributed by atoms with E-state index in [1.807, 2.05) is 37.4 Å². The number of carbonyl (C=O) groups is 1. The Balaban J connectivity index is 1.65. The number of rotatable bonds is 5. The van der Waals surface area contributed by atoms with E-state index in [1.165, 1.54) is 17.4 Å². The van der Waals surface area contributed by atoms with Crippen LogP contribution in [0.5, 0.6) is 5.75 Å². The number of benzene rings is 2. The van der Waals surface area contributed by atoms with Crippen molar-refractivity contribution in [3.8, 4) is 5.75 Å². The molecule has 25 heavy (non-hydrogen) atoms. The van der Waals surface area contributed by atoms with Gasteiger partial charge < -0.3 is 10.1 Å². The van der Waals surface area contributed by atoms with Crippen molar-refractivity contribution in [1.82, 2.24) is 0 Å². The minimum atomic E-state index is -0.398. The number of thiophene rings is 1. The number of amides is 1. The van der Waals surface area contributed by atoms with Crippen LogP contribution < -0.4 is 10.1 Å². The molecule has 0 fully saturated rings. The summed E-state index contributed by atoms with van der Waals surface area (Å²) >= 11 is 1.34. The molecule has 0 spiro atoms. The molecule has 0 aliphatic rings. The highest BCUT2D eigenvalue weighted by atomic mass is 32.1. The number of carbonyl (C=O) groups excluding carboxylic acids is 1. The summed E-state index contributed by atoms with van der Waals surface area (Å²) in [5, 5.41) is 4.78. The van der Waals surface area contributed by atoms with Crippen molar-refractivity contribution < 1.29 is 13.9 Å². The molecule has 1 N–H and O–H groups in total. The molecule has 0 aliphatic heterocycles. The molecule has 128 valence electrons. The Labute approximate surface area is 150 Å². The van der Waals surface area contributed by atoms with Crippen molar-refractivity contribution in [3.63, 3.8) is 0 Å². The molecule has 0 saturated heterocycles. The average Bonchev–Trinajstić information content (AvgIpc) is 3.06. The van der Waals surface area contributed by atoms with Gasteiger partial charge in [0.2, 0.25) is 0 Å². The van der Waals surface area contributed by atoms with Crippen LogP contribution in [0.2, 0.25) is 0 Å². The summed E-state index contributed by atoms with van der Waals surface area (Å²) in [5.41, 5.74) is 3.74. The van der Waals surface area contributed by atoms with Gasteiger partial charge in [-0.25, -0.2) is 4.39 Å². The third kappa shape index (κ3) is 4.25. The number of aryl methyl sites for hydroxylation is 2. The van der Waals surface area contributed by atoms with Gasteiger partial charge in [0, 0.05) is 11.3 Å². The zero-order valence-electron chi connectivity index (χ0n) is 14.0. The van der Waals surface area contributed by atoms with Gasteiger partial charge in [0.25, 0.3) is 5.91 Å². The molecule has 1 heterocycles. The highest BCUT2D eigenvalue weighted by Gasteiger charge is 2.12. The lowest BCUT2D eigenvalue weighted by Gasteiger charge is -2.08. The van der Waals surface area contributed by atoms with Crippen LogP contribution in [0.25, 0.3) is 0 Å². The van der Waals surface area contributed by atoms with Gasteiger partial charge in [-0.3, -0.25) is 4.79 Å². The second-order valence-electron chi connectivity index (χ2n) is 5.81. The molecular formula is C20H18FNO2S. The quantitative estimate of drug-likeness (QED) is 0.671. The molecule has 0 aliphatic carbocycles. The van der Waals surface area contributed by atoms with Gasteiger partial charge in [-0.05, 0) is 54.6 Å². The van der Waals surface area contributed by atoms with E-state index in [4.69, 9.17) is 4.74 Å². The van der Waals surface area contributed by atoms with Crippen LogP contribution in [-0.4, -0.2) is 5.91 Å². The van der Waals surface area contributed by atoms with E-state index in [2.05, 4.69) is 5.32 Å². The minimum absolute atomic E-state index is 0.157. The first-order valence-electron chi connectivity index (χ1n) is 7.86. The lowest BCUT2D eigenvalue weighted by Crippen LogP contribution is -2.11. The number of hydrogen-bond acceptors (Lipinski definition) is 3. The third-order valence-corrected chi connectivity index (χ3v) is 4.73. The van der Waals surface area contributed by atoms with Crippen LogP contribution in [0.15, 0.2) is 53.9 Å². The highest BCUT2D eigenvalue weighted by Crippen LogP contribution is 2.22. The number of anilines is 1. The van der Waals surface area contributed by atoms with Crippen molar-refractivity contribution >= 4 is 22.9 Å². The fourth-order valence-electron chi connectivity index (χ4n) is 2.35. The predicted molar refractivity (Wildman–Crippen MR) is 98.9 cm³/mol. The van der Waals surface area contributed by atoms with Crippen LogP contribution in [0.3, 0.4) is 0 Å².